The Morgan fingerprint density at radius 2 is 2.12 bits per heavy atom. The summed E-state index contributed by atoms with van der Waals surface area (Å²) in [5.41, 5.74) is -0.212. The molecule has 1 aliphatic rings. The molecule has 2 N–H and O–H groups in total. The predicted molar refractivity (Wildman–Crippen MR) is 80.8 cm³/mol. The van der Waals surface area contributed by atoms with Gasteiger partial charge in [-0.25, -0.2) is 0 Å². The van der Waals surface area contributed by atoms with Gasteiger partial charge in [0.25, 0.3) is 0 Å². The number of carbonyl (C=O) groups is 1. The van der Waals surface area contributed by atoms with Gasteiger partial charge in [-0.15, -0.1) is 0 Å². The molecule has 0 aromatic carbocycles. The highest BCUT2D eigenvalue weighted by molar-refractivity contribution is 5.75. The molecule has 25 heavy (non-hydrogen) atoms. The van der Waals surface area contributed by atoms with Crippen LogP contribution in [0.2, 0.25) is 0 Å². The molecule has 2 heterocycles. The molecular formula is C13H19F3N6O3. The minimum atomic E-state index is -4.44. The normalized spacial score (nSPS) is 17.2. The zero-order valence-corrected chi connectivity index (χ0v) is 13.3. The summed E-state index contributed by atoms with van der Waals surface area (Å²) in [5, 5.41) is 19.5. The highest BCUT2D eigenvalue weighted by atomic mass is 19.4. The van der Waals surface area contributed by atoms with Gasteiger partial charge in [0.15, 0.2) is 0 Å². The van der Waals surface area contributed by atoms with Crippen molar-refractivity contribution in [3.63, 3.8) is 0 Å². The molecule has 1 amide bonds. The number of halogens is 3. The Bertz CT molecular complexity index is 600. The maximum absolute atomic E-state index is 13.2. The van der Waals surface area contributed by atoms with Crippen molar-refractivity contribution in [3.8, 4) is 0 Å². The Kier molecular flexibility index (Phi) is 6.31. The molecule has 1 atom stereocenters. The highest BCUT2D eigenvalue weighted by Crippen LogP contribution is 2.24. The van der Waals surface area contributed by atoms with Crippen LogP contribution in [0, 0.1) is 10.1 Å². The first-order chi connectivity index (χ1) is 11.8. The highest BCUT2D eigenvalue weighted by Gasteiger charge is 2.43. The maximum Gasteiger partial charge on any atom is 0.405 e. The van der Waals surface area contributed by atoms with Gasteiger partial charge in [0.05, 0.1) is 4.92 Å². The fraction of sp³-hybridized carbons (Fsp3) is 0.692. The average Bonchev–Trinajstić information content (AvgIpc) is 3.02. The molecule has 0 radical (unpaired) electrons. The minimum absolute atomic E-state index is 0.0456. The lowest BCUT2D eigenvalue weighted by atomic mass is 10.2. The van der Waals surface area contributed by atoms with Crippen molar-refractivity contribution in [3.05, 3.63) is 22.5 Å². The maximum atomic E-state index is 13.2. The summed E-state index contributed by atoms with van der Waals surface area (Å²) in [5.74, 6) is -0.567. The lowest BCUT2D eigenvalue weighted by molar-refractivity contribution is -0.385. The Labute approximate surface area is 141 Å². The van der Waals surface area contributed by atoms with Crippen molar-refractivity contribution in [2.24, 2.45) is 0 Å². The smallest absolute Gasteiger partial charge is 0.354 e. The number of rotatable bonds is 7. The van der Waals surface area contributed by atoms with Crippen LogP contribution in [-0.2, 0) is 11.3 Å². The van der Waals surface area contributed by atoms with Crippen LogP contribution in [-0.4, -0.2) is 70.5 Å². The molecule has 0 saturated carbocycles. The Morgan fingerprint density at radius 1 is 1.44 bits per heavy atom. The Morgan fingerprint density at radius 3 is 2.68 bits per heavy atom. The summed E-state index contributed by atoms with van der Waals surface area (Å²) >= 11 is 0. The van der Waals surface area contributed by atoms with E-state index in [0.29, 0.717) is 13.1 Å². The van der Waals surface area contributed by atoms with E-state index in [-0.39, 0.29) is 31.7 Å². The number of aryl methyl sites for hydroxylation is 1. The molecule has 0 bridgehead atoms. The standard InChI is InChI=1S/C13H19F3N6O3/c14-13(15,16)11(20-5-2-17-3-6-20)8-18-12(23)1-4-21-9-10(7-19-21)22(24)25/h7,9,11,17H,1-6,8H2,(H,18,23). The summed E-state index contributed by atoms with van der Waals surface area (Å²) in [6.07, 6.45) is -2.35. The first-order valence-corrected chi connectivity index (χ1v) is 7.72. The first-order valence-electron chi connectivity index (χ1n) is 7.72. The van der Waals surface area contributed by atoms with E-state index in [9.17, 15) is 28.1 Å². The SMILES string of the molecule is O=C(CCn1cc([N+](=O)[O-])cn1)NCC(N1CCNCC1)C(F)(F)F. The molecule has 0 spiro atoms. The third-order valence-corrected chi connectivity index (χ3v) is 3.86. The van der Waals surface area contributed by atoms with Crippen LogP contribution < -0.4 is 10.6 Å². The summed E-state index contributed by atoms with van der Waals surface area (Å²) < 4.78 is 40.8. The van der Waals surface area contributed by atoms with Crippen LogP contribution >= 0.6 is 0 Å². The molecule has 12 heteroatoms. The predicted octanol–water partition coefficient (Wildman–Crippen LogP) is 0.134. The molecule has 1 fully saturated rings. The van der Waals surface area contributed by atoms with Gasteiger partial charge in [-0.2, -0.15) is 18.3 Å². The monoisotopic (exact) mass is 364 g/mol. The number of nitrogens with one attached hydrogen (secondary N) is 2. The molecule has 1 aromatic heterocycles. The zero-order valence-electron chi connectivity index (χ0n) is 13.3. The lowest BCUT2D eigenvalue weighted by Crippen LogP contribution is -2.57. The third kappa shape index (κ3) is 5.67. The Hall–Kier alpha value is -2.21. The van der Waals surface area contributed by atoms with E-state index in [4.69, 9.17) is 0 Å². The zero-order chi connectivity index (χ0) is 18.4. The lowest BCUT2D eigenvalue weighted by Gasteiger charge is -2.35. The minimum Gasteiger partial charge on any atom is -0.354 e. The van der Waals surface area contributed by atoms with Gasteiger partial charge in [0.2, 0.25) is 5.91 Å². The summed E-state index contributed by atoms with van der Waals surface area (Å²) in [4.78, 5) is 23.0. The van der Waals surface area contributed by atoms with Crippen LogP contribution in [0.5, 0.6) is 0 Å². The largest absolute Gasteiger partial charge is 0.405 e. The van der Waals surface area contributed by atoms with Gasteiger partial charge in [-0.1, -0.05) is 0 Å². The van der Waals surface area contributed by atoms with E-state index < -0.39 is 29.6 Å². The summed E-state index contributed by atoms with van der Waals surface area (Å²) in [6, 6.07) is -1.73. The second-order valence-corrected chi connectivity index (χ2v) is 5.62. The quantitative estimate of drug-likeness (QED) is 0.526. The molecular weight excluding hydrogens is 345 g/mol. The number of hydrogen-bond acceptors (Lipinski definition) is 6. The fourth-order valence-corrected chi connectivity index (χ4v) is 2.53. The number of piperazine rings is 1. The average molecular weight is 364 g/mol. The van der Waals surface area contributed by atoms with Crippen LogP contribution in [0.4, 0.5) is 18.9 Å². The van der Waals surface area contributed by atoms with Crippen molar-refractivity contribution < 1.29 is 22.9 Å². The van der Waals surface area contributed by atoms with E-state index in [1.165, 1.54) is 9.58 Å². The summed E-state index contributed by atoms with van der Waals surface area (Å²) in [7, 11) is 0. The first kappa shape index (κ1) is 19.1. The van der Waals surface area contributed by atoms with Gasteiger partial charge in [0.1, 0.15) is 18.4 Å². The van der Waals surface area contributed by atoms with Crippen molar-refractivity contribution in [1.29, 1.82) is 0 Å². The van der Waals surface area contributed by atoms with E-state index in [2.05, 4.69) is 15.7 Å². The number of alkyl halides is 3. The molecule has 2 rings (SSSR count). The fourth-order valence-electron chi connectivity index (χ4n) is 2.53. The number of carbonyl (C=O) groups excluding carboxylic acids is 1. The van der Waals surface area contributed by atoms with Crippen molar-refractivity contribution >= 4 is 11.6 Å². The second-order valence-electron chi connectivity index (χ2n) is 5.62. The number of aromatic nitrogens is 2. The van der Waals surface area contributed by atoms with Crippen molar-refractivity contribution in [2.75, 3.05) is 32.7 Å². The molecule has 1 unspecified atom stereocenters. The van der Waals surface area contributed by atoms with Crippen LogP contribution in [0.25, 0.3) is 0 Å². The van der Waals surface area contributed by atoms with E-state index in [1.807, 2.05) is 0 Å². The third-order valence-electron chi connectivity index (χ3n) is 3.86. The van der Waals surface area contributed by atoms with Gasteiger partial charge in [-0.05, 0) is 0 Å². The van der Waals surface area contributed by atoms with Gasteiger partial charge >= 0.3 is 11.9 Å². The van der Waals surface area contributed by atoms with Crippen molar-refractivity contribution in [2.45, 2.75) is 25.2 Å². The van der Waals surface area contributed by atoms with Crippen LogP contribution in [0.15, 0.2) is 12.4 Å². The summed E-state index contributed by atoms with van der Waals surface area (Å²) in [6.45, 7) is 0.983. The molecule has 9 nitrogen and oxygen atoms in total. The van der Waals surface area contributed by atoms with Crippen LogP contribution in [0.3, 0.4) is 0 Å². The molecule has 1 aliphatic heterocycles. The van der Waals surface area contributed by atoms with Crippen LogP contribution in [0.1, 0.15) is 6.42 Å². The van der Waals surface area contributed by atoms with Crippen molar-refractivity contribution in [1.82, 2.24) is 25.3 Å². The second kappa shape index (κ2) is 8.25. The molecule has 1 aromatic rings. The number of nitro groups is 1. The number of hydrogen-bond donors (Lipinski definition) is 2. The number of amides is 1. The molecule has 1 saturated heterocycles. The molecule has 140 valence electrons. The van der Waals surface area contributed by atoms with Gasteiger partial charge in [0, 0.05) is 45.7 Å². The Balaban J connectivity index is 1.82. The van der Waals surface area contributed by atoms with E-state index in [1.54, 1.807) is 0 Å². The van der Waals surface area contributed by atoms with E-state index >= 15 is 0 Å². The van der Waals surface area contributed by atoms with E-state index in [0.717, 1.165) is 12.4 Å². The van der Waals surface area contributed by atoms with Gasteiger partial charge < -0.3 is 10.6 Å². The molecule has 0 aliphatic carbocycles. The van der Waals surface area contributed by atoms with Gasteiger partial charge in [-0.3, -0.25) is 24.5 Å². The topological polar surface area (TPSA) is 105 Å². The number of nitrogens with zero attached hydrogens (tertiary/aromatic N) is 4.